The monoisotopic (exact) mass is 515 g/mol. The van der Waals surface area contributed by atoms with Crippen molar-refractivity contribution in [2.24, 2.45) is 0 Å². The molecule has 0 radical (unpaired) electrons. The fourth-order valence-corrected chi connectivity index (χ4v) is 3.51. The molecule has 1 amide bonds. The van der Waals surface area contributed by atoms with Crippen molar-refractivity contribution in [3.8, 4) is 17.2 Å². The van der Waals surface area contributed by atoms with Crippen LogP contribution in [-0.4, -0.2) is 22.5 Å². The number of nitrogens with zero attached hydrogens (tertiary/aromatic N) is 2. The third-order valence-electron chi connectivity index (χ3n) is 4.89. The largest absolute Gasteiger partial charge is 0.493 e. The Morgan fingerprint density at radius 2 is 1.78 bits per heavy atom. The summed E-state index contributed by atoms with van der Waals surface area (Å²) in [5, 5.41) is 0.0799. The minimum Gasteiger partial charge on any atom is -0.493 e. The average molecular weight is 516 g/mol. The molecule has 0 bridgehead atoms. The molecule has 7 nitrogen and oxygen atoms in total. The van der Waals surface area contributed by atoms with Gasteiger partial charge in [-0.1, -0.05) is 11.6 Å². The number of nitrogens with one attached hydrogen (secondary N) is 1. The molecule has 0 saturated heterocycles. The standard InChI is InChI=1S/C25H17ClF3N3O4/c1-2-35-20-8-10-31-24(33)23(20)25(34)32(15-5-3-14(27)4-6-15)19-12-18(29)21(13-17(19)28)36-16-7-9-30-22(26)11-16/h3-13H,2H2,1H3,(H,31,33). The van der Waals surface area contributed by atoms with Gasteiger partial charge in [0.15, 0.2) is 17.4 Å². The smallest absolute Gasteiger partial charge is 0.272 e. The minimum absolute atomic E-state index is 0.0278. The van der Waals surface area contributed by atoms with E-state index in [2.05, 4.69) is 9.97 Å². The van der Waals surface area contributed by atoms with Crippen molar-refractivity contribution >= 4 is 28.9 Å². The molecule has 0 atom stereocenters. The maximum atomic E-state index is 15.4. The fraction of sp³-hybridized carbons (Fsp3) is 0.0800. The summed E-state index contributed by atoms with van der Waals surface area (Å²) in [7, 11) is 0. The molecule has 2 aromatic carbocycles. The highest BCUT2D eigenvalue weighted by atomic mass is 35.5. The van der Waals surface area contributed by atoms with Crippen LogP contribution >= 0.6 is 11.6 Å². The Labute approximate surface area is 207 Å². The number of carbonyl (C=O) groups excluding carboxylic acids is 1. The maximum Gasteiger partial charge on any atom is 0.272 e. The van der Waals surface area contributed by atoms with E-state index in [0.29, 0.717) is 0 Å². The number of halogens is 4. The number of carbonyl (C=O) groups is 1. The van der Waals surface area contributed by atoms with Gasteiger partial charge in [0.2, 0.25) is 0 Å². The zero-order valence-corrected chi connectivity index (χ0v) is 19.4. The van der Waals surface area contributed by atoms with Crippen molar-refractivity contribution in [2.75, 3.05) is 11.5 Å². The molecule has 0 spiro atoms. The molecule has 2 heterocycles. The van der Waals surface area contributed by atoms with Gasteiger partial charge in [-0.2, -0.15) is 0 Å². The highest BCUT2D eigenvalue weighted by molar-refractivity contribution is 6.29. The van der Waals surface area contributed by atoms with E-state index >= 15 is 8.78 Å². The summed E-state index contributed by atoms with van der Waals surface area (Å²) in [5.41, 5.74) is -1.83. The molecular weight excluding hydrogens is 499 g/mol. The molecule has 0 saturated carbocycles. The van der Waals surface area contributed by atoms with Crippen molar-refractivity contribution in [1.29, 1.82) is 0 Å². The number of benzene rings is 2. The number of aromatic nitrogens is 2. The molecule has 11 heteroatoms. The van der Waals surface area contributed by atoms with Crippen LogP contribution in [0, 0.1) is 17.5 Å². The van der Waals surface area contributed by atoms with Gasteiger partial charge in [0, 0.05) is 36.3 Å². The molecule has 0 aliphatic carbocycles. The van der Waals surface area contributed by atoms with Gasteiger partial charge in [-0.3, -0.25) is 14.5 Å². The van der Waals surface area contributed by atoms with Crippen LogP contribution in [0.5, 0.6) is 17.2 Å². The summed E-state index contributed by atoms with van der Waals surface area (Å²) in [6.07, 6.45) is 2.60. The lowest BCUT2D eigenvalue weighted by Gasteiger charge is -2.24. The highest BCUT2D eigenvalue weighted by Gasteiger charge is 2.29. The predicted molar refractivity (Wildman–Crippen MR) is 127 cm³/mol. The number of H-pyrrole nitrogens is 1. The average Bonchev–Trinajstić information content (AvgIpc) is 2.83. The van der Waals surface area contributed by atoms with Crippen LogP contribution in [0.2, 0.25) is 5.15 Å². The first kappa shape index (κ1) is 24.8. The zero-order chi connectivity index (χ0) is 25.8. The maximum absolute atomic E-state index is 15.4. The molecule has 4 rings (SSSR count). The van der Waals surface area contributed by atoms with E-state index in [1.165, 1.54) is 42.7 Å². The van der Waals surface area contributed by atoms with Crippen LogP contribution in [0.15, 0.2) is 71.8 Å². The van der Waals surface area contributed by atoms with Crippen molar-refractivity contribution in [1.82, 2.24) is 9.97 Å². The number of ether oxygens (including phenoxy) is 2. The van der Waals surface area contributed by atoms with E-state index in [-0.39, 0.29) is 28.9 Å². The Morgan fingerprint density at radius 3 is 2.47 bits per heavy atom. The van der Waals surface area contributed by atoms with Crippen molar-refractivity contribution in [2.45, 2.75) is 6.92 Å². The van der Waals surface area contributed by atoms with Gasteiger partial charge in [-0.15, -0.1) is 0 Å². The second-order valence-electron chi connectivity index (χ2n) is 7.25. The second-order valence-corrected chi connectivity index (χ2v) is 7.63. The number of anilines is 2. The Balaban J connectivity index is 1.84. The Hall–Kier alpha value is -4.31. The fourth-order valence-electron chi connectivity index (χ4n) is 3.35. The summed E-state index contributed by atoms with van der Waals surface area (Å²) in [6, 6.07) is 9.96. The first-order chi connectivity index (χ1) is 17.3. The highest BCUT2D eigenvalue weighted by Crippen LogP contribution is 2.36. The number of amides is 1. The molecule has 0 aliphatic rings. The van der Waals surface area contributed by atoms with E-state index in [4.69, 9.17) is 21.1 Å². The summed E-state index contributed by atoms with van der Waals surface area (Å²) < 4.78 is 54.8. The van der Waals surface area contributed by atoms with Crippen LogP contribution in [0.25, 0.3) is 0 Å². The molecule has 0 fully saturated rings. The lowest BCUT2D eigenvalue weighted by Crippen LogP contribution is -2.32. The van der Waals surface area contributed by atoms with Crippen LogP contribution in [0.1, 0.15) is 17.3 Å². The summed E-state index contributed by atoms with van der Waals surface area (Å²) >= 11 is 5.80. The van der Waals surface area contributed by atoms with Crippen LogP contribution in [0.3, 0.4) is 0 Å². The molecule has 0 unspecified atom stereocenters. The molecule has 36 heavy (non-hydrogen) atoms. The Morgan fingerprint density at radius 1 is 1.03 bits per heavy atom. The van der Waals surface area contributed by atoms with E-state index in [1.807, 2.05) is 0 Å². The normalized spacial score (nSPS) is 10.7. The van der Waals surface area contributed by atoms with E-state index in [1.54, 1.807) is 6.92 Å². The van der Waals surface area contributed by atoms with Gasteiger partial charge in [0.1, 0.15) is 28.0 Å². The SMILES string of the molecule is CCOc1cc[nH]c(=O)c1C(=O)N(c1ccc(F)cc1)c1cc(F)c(Oc2ccnc(Cl)c2)cc1F. The van der Waals surface area contributed by atoms with E-state index in [0.717, 1.165) is 29.2 Å². The van der Waals surface area contributed by atoms with Crippen LogP contribution in [0.4, 0.5) is 24.5 Å². The third kappa shape index (κ3) is 5.18. The van der Waals surface area contributed by atoms with Crippen LogP contribution in [-0.2, 0) is 0 Å². The lowest BCUT2D eigenvalue weighted by molar-refractivity contribution is 0.0993. The number of rotatable bonds is 7. The molecule has 4 aromatic rings. The van der Waals surface area contributed by atoms with Crippen LogP contribution < -0.4 is 19.9 Å². The number of hydrogen-bond donors (Lipinski definition) is 1. The zero-order valence-electron chi connectivity index (χ0n) is 18.6. The topological polar surface area (TPSA) is 84.5 Å². The Bertz CT molecular complexity index is 1480. The molecule has 0 aliphatic heterocycles. The number of aromatic amines is 1. The number of pyridine rings is 2. The summed E-state index contributed by atoms with van der Waals surface area (Å²) in [6.45, 7) is 1.78. The van der Waals surface area contributed by atoms with E-state index in [9.17, 15) is 14.0 Å². The quantitative estimate of drug-likeness (QED) is 0.305. The lowest BCUT2D eigenvalue weighted by atomic mass is 10.1. The van der Waals surface area contributed by atoms with Gasteiger partial charge in [0.25, 0.3) is 11.5 Å². The van der Waals surface area contributed by atoms with Gasteiger partial charge in [0.05, 0.1) is 12.3 Å². The number of hydrogen-bond acceptors (Lipinski definition) is 5. The third-order valence-corrected chi connectivity index (χ3v) is 5.10. The van der Waals surface area contributed by atoms with E-state index < -0.39 is 45.9 Å². The second kappa shape index (κ2) is 10.5. The molecule has 2 aromatic heterocycles. The first-order valence-corrected chi connectivity index (χ1v) is 10.9. The molecule has 184 valence electrons. The van der Waals surface area contributed by atoms with Crippen molar-refractivity contribution in [3.05, 3.63) is 106 Å². The molecule has 1 N–H and O–H groups in total. The summed E-state index contributed by atoms with van der Waals surface area (Å²) in [4.78, 5) is 33.1. The van der Waals surface area contributed by atoms with Crippen molar-refractivity contribution in [3.63, 3.8) is 0 Å². The minimum atomic E-state index is -1.06. The molecular formula is C25H17ClF3N3O4. The van der Waals surface area contributed by atoms with Gasteiger partial charge in [-0.25, -0.2) is 18.2 Å². The van der Waals surface area contributed by atoms with Gasteiger partial charge in [-0.05, 0) is 43.3 Å². The van der Waals surface area contributed by atoms with Crippen molar-refractivity contribution < 1.29 is 27.4 Å². The predicted octanol–water partition coefficient (Wildman–Crippen LogP) is 6.01. The Kier molecular flexibility index (Phi) is 7.25. The summed E-state index contributed by atoms with van der Waals surface area (Å²) in [5.74, 6) is -4.18. The van der Waals surface area contributed by atoms with Gasteiger partial charge >= 0.3 is 0 Å². The first-order valence-electron chi connectivity index (χ1n) is 10.5. The van der Waals surface area contributed by atoms with Gasteiger partial charge < -0.3 is 14.5 Å².